The number of hydrogen-bond donors (Lipinski definition) is 5. The topological polar surface area (TPSA) is 191 Å². The minimum atomic E-state index is -1.58. The van der Waals surface area contributed by atoms with Gasteiger partial charge in [0.25, 0.3) is 0 Å². The Morgan fingerprint density at radius 2 is 1.53 bits per heavy atom. The number of esters is 2. The van der Waals surface area contributed by atoms with E-state index in [2.05, 4.69) is 54.5 Å². The van der Waals surface area contributed by atoms with Gasteiger partial charge in [-0.15, -0.1) is 0 Å². The van der Waals surface area contributed by atoms with Crippen LogP contribution in [0.15, 0.2) is 11.6 Å². The van der Waals surface area contributed by atoms with Crippen LogP contribution in [0, 0.1) is 45.3 Å². The highest BCUT2D eigenvalue weighted by Gasteiger charge is 2.76. The molecule has 0 aromatic heterocycles. The van der Waals surface area contributed by atoms with Crippen molar-refractivity contribution in [3.8, 4) is 0 Å². The number of carbonyl (C=O) groups excluding carboxylic acids is 2. The Balaban J connectivity index is 1.11. The van der Waals surface area contributed by atoms with Crippen LogP contribution < -0.4 is 0 Å². The van der Waals surface area contributed by atoms with E-state index >= 15 is 0 Å². The van der Waals surface area contributed by atoms with Crippen molar-refractivity contribution in [2.24, 2.45) is 45.3 Å². The molecule has 1 spiro atoms. The van der Waals surface area contributed by atoms with Crippen molar-refractivity contribution in [3.05, 3.63) is 11.6 Å². The first-order valence-electron chi connectivity index (χ1n) is 20.7. The summed E-state index contributed by atoms with van der Waals surface area (Å²) in [4.78, 5) is 26.5. The summed E-state index contributed by atoms with van der Waals surface area (Å²) in [7, 11) is 0. The van der Waals surface area contributed by atoms with Crippen molar-refractivity contribution in [2.75, 3.05) is 13.2 Å². The van der Waals surface area contributed by atoms with Gasteiger partial charge in [-0.3, -0.25) is 9.59 Å². The van der Waals surface area contributed by atoms with Crippen LogP contribution in [0.5, 0.6) is 0 Å². The molecule has 0 unspecified atom stereocenters. The van der Waals surface area contributed by atoms with Crippen LogP contribution in [-0.4, -0.2) is 118 Å². The van der Waals surface area contributed by atoms with Crippen molar-refractivity contribution in [3.63, 3.8) is 0 Å². The lowest BCUT2D eigenvalue weighted by atomic mass is 9.41. The van der Waals surface area contributed by atoms with Crippen molar-refractivity contribution < 1.29 is 63.5 Å². The Kier molecular flexibility index (Phi) is 11.0. The number of aliphatic hydroxyl groups excluding tert-OH is 5. The summed E-state index contributed by atoms with van der Waals surface area (Å²) in [6, 6.07) is 0. The Morgan fingerprint density at radius 3 is 2.20 bits per heavy atom. The van der Waals surface area contributed by atoms with Gasteiger partial charge < -0.3 is 54.0 Å². The summed E-state index contributed by atoms with van der Waals surface area (Å²) < 4.78 is 36.4. The minimum absolute atomic E-state index is 0.0312. The van der Waals surface area contributed by atoms with Gasteiger partial charge >= 0.3 is 11.9 Å². The molecule has 55 heavy (non-hydrogen) atoms. The smallest absolute Gasteiger partial charge is 0.313 e. The van der Waals surface area contributed by atoms with Crippen molar-refractivity contribution in [2.45, 2.75) is 180 Å². The molecule has 13 nitrogen and oxygen atoms in total. The van der Waals surface area contributed by atoms with Gasteiger partial charge in [-0.1, -0.05) is 53.2 Å². The van der Waals surface area contributed by atoms with Crippen LogP contribution in [0.4, 0.5) is 0 Å². The second-order valence-electron chi connectivity index (χ2n) is 19.8. The number of ether oxygens (including phenoxy) is 6. The third-order valence-corrected chi connectivity index (χ3v) is 15.8. The number of fused-ring (bicyclic) bond motifs is 4. The van der Waals surface area contributed by atoms with E-state index in [0.29, 0.717) is 25.2 Å². The second kappa shape index (κ2) is 14.5. The number of allylic oxidation sites excluding steroid dienone is 2. The third-order valence-electron chi connectivity index (χ3n) is 15.8. The number of aliphatic hydroxyl groups is 5. The highest BCUT2D eigenvalue weighted by Crippen LogP contribution is 2.76. The molecular formula is C42H66O13. The minimum Gasteiger partial charge on any atom is -0.462 e. The van der Waals surface area contributed by atoms with Crippen LogP contribution in [-0.2, 0) is 38.0 Å². The molecule has 3 saturated heterocycles. The molecule has 3 saturated carbocycles. The molecule has 7 aliphatic rings. The largest absolute Gasteiger partial charge is 0.462 e. The quantitative estimate of drug-likeness (QED) is 0.169. The van der Waals surface area contributed by atoms with E-state index in [0.717, 1.165) is 38.5 Å². The average molecular weight is 779 g/mol. The standard InChI is InChI=1S/C42H66O13/c1-21(2)17-23(52-22(3)43)18-41(8)29-12-15-40(7)25-9-10-28-38(4,5)30(13-14-39(28,6)24(25)11-16-42(29,40)37(49)55-41)53-36-34(32(47)27(45)20-51-36)54-35-33(48)31(46)26(44)19-50-35/h9,21,23-24,26-36,44-48H,10-20H2,1-8H3/t23-,24+,26+,27+,28-,29+,30-,31-,32-,33+,34+,35-,36-,39+,40-,41-,42+/m0/s1. The van der Waals surface area contributed by atoms with Gasteiger partial charge in [0.05, 0.1) is 24.7 Å². The number of cyclic esters (lactones) is 1. The molecule has 3 heterocycles. The van der Waals surface area contributed by atoms with Gasteiger partial charge in [0.1, 0.15) is 48.3 Å². The Morgan fingerprint density at radius 1 is 0.855 bits per heavy atom. The molecule has 13 heteroatoms. The van der Waals surface area contributed by atoms with E-state index in [9.17, 15) is 35.1 Å². The van der Waals surface area contributed by atoms with Gasteiger partial charge in [-0.2, -0.15) is 0 Å². The third kappa shape index (κ3) is 6.54. The average Bonchev–Trinajstić information content (AvgIpc) is 3.53. The number of carbonyl (C=O) groups is 2. The lowest BCUT2D eigenvalue weighted by molar-refractivity contribution is -0.355. The summed E-state index contributed by atoms with van der Waals surface area (Å²) in [6.07, 6.45) is -1.88. The van der Waals surface area contributed by atoms with Gasteiger partial charge in [-0.25, -0.2) is 0 Å². The molecule has 0 amide bonds. The van der Waals surface area contributed by atoms with Crippen molar-refractivity contribution in [1.82, 2.24) is 0 Å². The lowest BCUT2D eigenvalue weighted by Gasteiger charge is -2.64. The maximum absolute atomic E-state index is 14.4. The van der Waals surface area contributed by atoms with Crippen LogP contribution >= 0.6 is 0 Å². The summed E-state index contributed by atoms with van der Waals surface area (Å²) in [6.45, 7) is 16.5. The lowest BCUT2D eigenvalue weighted by Crippen LogP contribution is -2.63. The van der Waals surface area contributed by atoms with E-state index in [4.69, 9.17) is 28.4 Å². The maximum atomic E-state index is 14.4. The van der Waals surface area contributed by atoms with E-state index in [-0.39, 0.29) is 71.4 Å². The first-order chi connectivity index (χ1) is 25.7. The molecule has 3 aliphatic heterocycles. The molecule has 0 bridgehead atoms. The van der Waals surface area contributed by atoms with Crippen LogP contribution in [0.25, 0.3) is 0 Å². The fourth-order valence-electron chi connectivity index (χ4n) is 13.1. The highest BCUT2D eigenvalue weighted by atomic mass is 16.7. The van der Waals surface area contributed by atoms with Gasteiger partial charge in [0.15, 0.2) is 12.6 Å². The number of hydrogen-bond acceptors (Lipinski definition) is 13. The normalized spacial score (nSPS) is 49.6. The molecule has 17 atom stereocenters. The van der Waals surface area contributed by atoms with E-state index in [1.165, 1.54) is 12.5 Å². The van der Waals surface area contributed by atoms with Gasteiger partial charge in [-0.05, 0) is 86.9 Å². The zero-order chi connectivity index (χ0) is 40.0. The molecule has 0 aromatic rings. The Bertz CT molecular complexity index is 1500. The predicted octanol–water partition coefficient (Wildman–Crippen LogP) is 3.54. The van der Waals surface area contributed by atoms with Crippen molar-refractivity contribution in [1.29, 1.82) is 0 Å². The molecule has 312 valence electrons. The van der Waals surface area contributed by atoms with E-state index < -0.39 is 60.2 Å². The first-order valence-corrected chi connectivity index (χ1v) is 20.7. The molecule has 7 rings (SSSR count). The van der Waals surface area contributed by atoms with Crippen molar-refractivity contribution >= 4 is 11.9 Å². The Hall–Kier alpha value is -1.68. The van der Waals surface area contributed by atoms with Gasteiger partial charge in [0.2, 0.25) is 0 Å². The first kappa shape index (κ1) is 41.5. The van der Waals surface area contributed by atoms with Crippen LogP contribution in [0.3, 0.4) is 0 Å². The van der Waals surface area contributed by atoms with Gasteiger partial charge in [0, 0.05) is 24.7 Å². The zero-order valence-corrected chi connectivity index (χ0v) is 33.9. The molecular weight excluding hydrogens is 712 g/mol. The SMILES string of the molecule is CC(=O)O[C@@H](CC(C)C)C[C@]1(C)OC(=O)[C@]23CC[C@@H]4C(=CC[C@H]5C(C)(C)[C@@H](O[C@@H]6OC[C@@H](O)[C@H](O)[C@H]6O[C@@H]6OC[C@@H](O)[C@H](O)[C@H]6O)CC[C@]45C)[C@]2(C)CC[C@@H]31. The summed E-state index contributed by atoms with van der Waals surface area (Å²) in [5.41, 5.74) is -0.714. The maximum Gasteiger partial charge on any atom is 0.313 e. The zero-order valence-electron chi connectivity index (χ0n) is 33.9. The van der Waals surface area contributed by atoms with Crippen LogP contribution in [0.2, 0.25) is 0 Å². The molecule has 6 fully saturated rings. The van der Waals surface area contributed by atoms with E-state index in [1.807, 2.05) is 0 Å². The molecule has 5 N–H and O–H groups in total. The molecule has 0 radical (unpaired) electrons. The second-order valence-corrected chi connectivity index (χ2v) is 19.8. The predicted molar refractivity (Wildman–Crippen MR) is 197 cm³/mol. The summed E-state index contributed by atoms with van der Waals surface area (Å²) in [5.74, 6) is 0.459. The van der Waals surface area contributed by atoms with E-state index in [1.54, 1.807) is 0 Å². The van der Waals surface area contributed by atoms with Crippen LogP contribution in [0.1, 0.15) is 113 Å². The molecule has 4 aliphatic carbocycles. The monoisotopic (exact) mass is 778 g/mol. The fourth-order valence-corrected chi connectivity index (χ4v) is 13.1. The number of rotatable bonds is 9. The summed E-state index contributed by atoms with van der Waals surface area (Å²) in [5, 5.41) is 52.2. The molecule has 0 aromatic carbocycles. The Labute approximate surface area is 325 Å². The highest BCUT2D eigenvalue weighted by molar-refractivity contribution is 5.83. The fraction of sp³-hybridized carbons (Fsp3) is 0.905. The summed E-state index contributed by atoms with van der Waals surface area (Å²) >= 11 is 0.